The number of aromatic amines is 1. The number of aryl methyl sites for hydroxylation is 2. The first-order chi connectivity index (χ1) is 18.2. The van der Waals surface area contributed by atoms with Gasteiger partial charge in [0.25, 0.3) is 0 Å². The average molecular weight is 531 g/mol. The number of hydrogen-bond donors (Lipinski definition) is 1. The largest absolute Gasteiger partial charge is 0.358 e. The molecule has 0 saturated heterocycles. The summed E-state index contributed by atoms with van der Waals surface area (Å²) in [6, 6.07) is 15.9. The zero-order chi connectivity index (χ0) is 28.2. The molecule has 0 amide bonds. The van der Waals surface area contributed by atoms with Gasteiger partial charge in [0.1, 0.15) is 11.8 Å². The minimum atomic E-state index is -0.307. The SMILES string of the molecule is CC/C=C(C)/N=C(C#N)/C=C(\C)C#N.CCCCc1c(C(C)c2ccc(C)cc2)[nH]c2ccc(Cl)c(F)c12. The lowest BCUT2D eigenvalue weighted by Crippen LogP contribution is -2.01. The lowest BCUT2D eigenvalue weighted by molar-refractivity contribution is 0.638. The minimum Gasteiger partial charge on any atom is -0.358 e. The van der Waals surface area contributed by atoms with Crippen LogP contribution in [0.1, 0.15) is 82.2 Å². The first-order valence-electron chi connectivity index (χ1n) is 13.0. The van der Waals surface area contributed by atoms with Gasteiger partial charge in [0.15, 0.2) is 5.82 Å². The summed E-state index contributed by atoms with van der Waals surface area (Å²) >= 11 is 6.03. The summed E-state index contributed by atoms with van der Waals surface area (Å²) in [4.78, 5) is 7.52. The predicted molar refractivity (Wildman–Crippen MR) is 157 cm³/mol. The quantitative estimate of drug-likeness (QED) is 0.232. The normalized spacial score (nSPS) is 12.9. The van der Waals surface area contributed by atoms with Crippen molar-refractivity contribution >= 4 is 28.2 Å². The van der Waals surface area contributed by atoms with Gasteiger partial charge in [0.05, 0.1) is 11.1 Å². The Hall–Kier alpha value is -3.67. The summed E-state index contributed by atoms with van der Waals surface area (Å²) in [5.41, 5.74) is 7.02. The lowest BCUT2D eigenvalue weighted by atomic mass is 9.92. The van der Waals surface area contributed by atoms with Gasteiger partial charge in [-0.05, 0) is 69.4 Å². The van der Waals surface area contributed by atoms with Gasteiger partial charge in [-0.1, -0.05) is 74.7 Å². The van der Waals surface area contributed by atoms with Crippen LogP contribution in [-0.2, 0) is 6.42 Å². The van der Waals surface area contributed by atoms with Gasteiger partial charge in [-0.15, -0.1) is 0 Å². The number of unbranched alkanes of at least 4 members (excludes halogenated alkanes) is 1. The van der Waals surface area contributed by atoms with Crippen molar-refractivity contribution in [3.8, 4) is 12.1 Å². The third kappa shape index (κ3) is 8.17. The van der Waals surface area contributed by atoms with Crippen LogP contribution in [-0.4, -0.2) is 10.7 Å². The van der Waals surface area contributed by atoms with Crippen molar-refractivity contribution in [1.82, 2.24) is 4.98 Å². The molecule has 1 heterocycles. The fraction of sp³-hybridized carbons (Fsp3) is 0.344. The zero-order valence-electron chi connectivity index (χ0n) is 23.1. The van der Waals surface area contributed by atoms with Crippen LogP contribution in [0.3, 0.4) is 0 Å². The molecule has 2 aromatic carbocycles. The molecule has 3 rings (SSSR count). The topological polar surface area (TPSA) is 75.7 Å². The summed E-state index contributed by atoms with van der Waals surface area (Å²) in [5, 5.41) is 18.1. The van der Waals surface area contributed by atoms with Crippen LogP contribution in [0.15, 0.2) is 64.8 Å². The molecule has 0 radical (unpaired) electrons. The van der Waals surface area contributed by atoms with Crippen LogP contribution in [0, 0.1) is 35.4 Å². The standard InChI is InChI=1S/C21H23ClFN.C11H13N3/c1-4-5-6-16-19-18(12-11-17(22)20(19)23)24-21(16)14(3)15-9-7-13(2)8-10-15;1-4-5-10(3)14-11(8-13)6-9(2)7-12/h7-12,14,24H,4-6H2,1-3H3;5-6H,4H2,1-3H3/b;9-6+,10-5+,14-11-. The molecule has 38 heavy (non-hydrogen) atoms. The van der Waals surface area contributed by atoms with Gasteiger partial charge in [0.2, 0.25) is 0 Å². The summed E-state index contributed by atoms with van der Waals surface area (Å²) in [6.45, 7) is 11.9. The summed E-state index contributed by atoms with van der Waals surface area (Å²) in [6.07, 6.45) is 7.26. The number of halogens is 2. The Bertz CT molecular complexity index is 1410. The molecule has 6 heteroatoms. The molecule has 3 aromatic rings. The number of benzene rings is 2. The first-order valence-corrected chi connectivity index (χ1v) is 13.3. The molecule has 0 aliphatic heterocycles. The number of H-pyrrole nitrogens is 1. The van der Waals surface area contributed by atoms with Crippen molar-refractivity contribution in [2.45, 2.75) is 73.1 Å². The zero-order valence-corrected chi connectivity index (χ0v) is 23.9. The van der Waals surface area contributed by atoms with Crippen molar-refractivity contribution in [1.29, 1.82) is 10.5 Å². The monoisotopic (exact) mass is 530 g/mol. The summed E-state index contributed by atoms with van der Waals surface area (Å²) < 4.78 is 14.7. The second-order valence-corrected chi connectivity index (χ2v) is 9.75. The third-order valence-corrected chi connectivity index (χ3v) is 6.51. The molecule has 1 unspecified atom stereocenters. The maximum absolute atomic E-state index is 14.7. The molecular formula is C32H36ClFN4. The molecule has 4 nitrogen and oxygen atoms in total. The number of allylic oxidation sites excluding steroid dienone is 4. The Labute approximate surface area is 231 Å². The van der Waals surface area contributed by atoms with Gasteiger partial charge in [-0.3, -0.25) is 0 Å². The molecule has 1 N–H and O–H groups in total. The molecule has 198 valence electrons. The summed E-state index contributed by atoms with van der Waals surface area (Å²) in [7, 11) is 0. The number of aliphatic imine (C=N–C) groups is 1. The molecule has 0 saturated carbocycles. The second-order valence-electron chi connectivity index (χ2n) is 9.34. The molecule has 1 atom stereocenters. The lowest BCUT2D eigenvalue weighted by Gasteiger charge is -2.14. The Morgan fingerprint density at radius 2 is 1.79 bits per heavy atom. The van der Waals surface area contributed by atoms with E-state index in [4.69, 9.17) is 22.1 Å². The molecule has 1 aromatic heterocycles. The van der Waals surface area contributed by atoms with E-state index in [1.807, 2.05) is 38.1 Å². The van der Waals surface area contributed by atoms with E-state index in [1.54, 1.807) is 13.0 Å². The maximum atomic E-state index is 14.7. The summed E-state index contributed by atoms with van der Waals surface area (Å²) in [5.74, 6) is -0.123. The van der Waals surface area contributed by atoms with Gasteiger partial charge >= 0.3 is 0 Å². The van der Waals surface area contributed by atoms with Crippen molar-refractivity contribution in [2.75, 3.05) is 0 Å². The van der Waals surface area contributed by atoms with Crippen LogP contribution < -0.4 is 0 Å². The smallest absolute Gasteiger partial charge is 0.151 e. The van der Waals surface area contributed by atoms with Crippen molar-refractivity contribution in [2.24, 2.45) is 4.99 Å². The third-order valence-electron chi connectivity index (χ3n) is 6.22. The van der Waals surface area contributed by atoms with E-state index >= 15 is 0 Å². The highest BCUT2D eigenvalue weighted by molar-refractivity contribution is 6.31. The van der Waals surface area contributed by atoms with Crippen LogP contribution in [0.25, 0.3) is 10.9 Å². The molecule has 0 aliphatic rings. The molecule has 0 spiro atoms. The van der Waals surface area contributed by atoms with E-state index in [2.05, 4.69) is 55.0 Å². The Balaban J connectivity index is 0.000000312. The van der Waals surface area contributed by atoms with Gasteiger partial charge < -0.3 is 4.98 Å². The highest BCUT2D eigenvalue weighted by atomic mass is 35.5. The fourth-order valence-corrected chi connectivity index (χ4v) is 4.33. The van der Waals surface area contributed by atoms with Crippen LogP contribution in [0.5, 0.6) is 0 Å². The van der Waals surface area contributed by atoms with Gasteiger partial charge in [0, 0.05) is 33.8 Å². The van der Waals surface area contributed by atoms with E-state index in [9.17, 15) is 4.39 Å². The van der Waals surface area contributed by atoms with Crippen LogP contribution >= 0.6 is 11.6 Å². The Morgan fingerprint density at radius 1 is 1.11 bits per heavy atom. The van der Waals surface area contributed by atoms with E-state index < -0.39 is 0 Å². The molecule has 0 aliphatic carbocycles. The number of nitrogens with one attached hydrogen (secondary N) is 1. The average Bonchev–Trinajstić information content (AvgIpc) is 3.28. The van der Waals surface area contributed by atoms with Gasteiger partial charge in [-0.25, -0.2) is 9.38 Å². The molecule has 0 fully saturated rings. The van der Waals surface area contributed by atoms with Crippen LogP contribution in [0.2, 0.25) is 5.02 Å². The van der Waals surface area contributed by atoms with E-state index in [0.29, 0.717) is 11.0 Å². The molecular weight excluding hydrogens is 495 g/mol. The highest BCUT2D eigenvalue weighted by Crippen LogP contribution is 2.36. The van der Waals surface area contributed by atoms with Crippen LogP contribution in [0.4, 0.5) is 4.39 Å². The minimum absolute atomic E-state index is 0.183. The van der Waals surface area contributed by atoms with Gasteiger partial charge in [-0.2, -0.15) is 10.5 Å². The predicted octanol–water partition coefficient (Wildman–Crippen LogP) is 9.50. The fourth-order valence-electron chi connectivity index (χ4n) is 4.17. The number of hydrogen-bond acceptors (Lipinski definition) is 3. The number of rotatable bonds is 8. The van der Waals surface area contributed by atoms with E-state index in [0.717, 1.165) is 48.2 Å². The number of fused-ring (bicyclic) bond motifs is 1. The number of nitriles is 2. The van der Waals surface area contributed by atoms with Crippen molar-refractivity contribution < 1.29 is 4.39 Å². The van der Waals surface area contributed by atoms with Crippen molar-refractivity contribution in [3.05, 3.63) is 93.0 Å². The number of nitrogens with zero attached hydrogens (tertiary/aromatic N) is 3. The maximum Gasteiger partial charge on any atom is 0.151 e. The Morgan fingerprint density at radius 3 is 2.37 bits per heavy atom. The Kier molecular flexibility index (Phi) is 12.0. The number of aromatic nitrogens is 1. The first kappa shape index (κ1) is 30.6. The van der Waals surface area contributed by atoms with E-state index in [1.165, 1.54) is 17.2 Å². The molecule has 0 bridgehead atoms. The van der Waals surface area contributed by atoms with E-state index in [-0.39, 0.29) is 22.5 Å². The highest BCUT2D eigenvalue weighted by Gasteiger charge is 2.21. The van der Waals surface area contributed by atoms with Crippen molar-refractivity contribution in [3.63, 3.8) is 0 Å². The second kappa shape index (κ2) is 14.9.